The van der Waals surface area contributed by atoms with Crippen molar-refractivity contribution in [2.45, 2.75) is 53.0 Å². The minimum atomic E-state index is 0.384. The molecule has 0 bridgehead atoms. The van der Waals surface area contributed by atoms with Gasteiger partial charge in [-0.2, -0.15) is 0 Å². The van der Waals surface area contributed by atoms with E-state index in [0.717, 1.165) is 0 Å². The molecule has 0 radical (unpaired) electrons. The second-order valence-corrected chi connectivity index (χ2v) is 6.54. The quantitative estimate of drug-likeness (QED) is 0.884. The van der Waals surface area contributed by atoms with E-state index in [-0.39, 0.29) is 0 Å². The molecule has 1 fully saturated rings. The molecule has 0 amide bonds. The molecule has 1 aromatic carbocycles. The number of rotatable bonds is 5. The molecule has 1 saturated heterocycles. The first-order valence-corrected chi connectivity index (χ1v) is 8.06. The summed E-state index contributed by atoms with van der Waals surface area (Å²) in [6, 6.07) is 7.13. The van der Waals surface area contributed by atoms with Gasteiger partial charge in [0.2, 0.25) is 0 Å². The zero-order chi connectivity index (χ0) is 14.8. The predicted molar refractivity (Wildman–Crippen MR) is 86.9 cm³/mol. The van der Waals surface area contributed by atoms with Gasteiger partial charge in [0.15, 0.2) is 0 Å². The van der Waals surface area contributed by atoms with Crippen molar-refractivity contribution in [2.24, 2.45) is 11.1 Å². The summed E-state index contributed by atoms with van der Waals surface area (Å²) in [5, 5.41) is 0. The highest BCUT2D eigenvalue weighted by molar-refractivity contribution is 5.33. The Morgan fingerprint density at radius 1 is 1.25 bits per heavy atom. The summed E-state index contributed by atoms with van der Waals surface area (Å²) in [6.07, 6.45) is 3.88. The van der Waals surface area contributed by atoms with Crippen molar-refractivity contribution in [3.8, 4) is 0 Å². The monoisotopic (exact) mass is 274 g/mol. The third kappa shape index (κ3) is 2.91. The predicted octanol–water partition coefficient (Wildman–Crippen LogP) is 3.82. The van der Waals surface area contributed by atoms with Crippen molar-refractivity contribution in [2.75, 3.05) is 19.6 Å². The van der Waals surface area contributed by atoms with Crippen LogP contribution < -0.4 is 5.73 Å². The van der Waals surface area contributed by atoms with Crippen molar-refractivity contribution in [1.82, 2.24) is 4.90 Å². The van der Waals surface area contributed by atoms with Gasteiger partial charge < -0.3 is 5.73 Å². The lowest BCUT2D eigenvalue weighted by Crippen LogP contribution is -2.34. The average molecular weight is 274 g/mol. The molecular weight excluding hydrogens is 244 g/mol. The van der Waals surface area contributed by atoms with Crippen LogP contribution in [0.1, 0.15) is 55.8 Å². The molecule has 2 nitrogen and oxygen atoms in total. The number of likely N-dealkylation sites (tertiary alicyclic amines) is 1. The van der Waals surface area contributed by atoms with Crippen molar-refractivity contribution >= 4 is 0 Å². The summed E-state index contributed by atoms with van der Waals surface area (Å²) < 4.78 is 0. The Bertz CT molecular complexity index is 449. The highest BCUT2D eigenvalue weighted by Gasteiger charge is 2.37. The third-order valence-electron chi connectivity index (χ3n) is 5.43. The average Bonchev–Trinajstić information content (AvgIpc) is 2.88. The summed E-state index contributed by atoms with van der Waals surface area (Å²) in [7, 11) is 0. The van der Waals surface area contributed by atoms with Gasteiger partial charge in [-0.15, -0.1) is 0 Å². The van der Waals surface area contributed by atoms with Gasteiger partial charge in [0.1, 0.15) is 0 Å². The molecule has 0 spiro atoms. The summed E-state index contributed by atoms with van der Waals surface area (Å²) in [6.45, 7) is 12.2. The SMILES string of the molecule is CCC1(CC)CCN(C(CN)c2cc(C)ccc2C)C1. The maximum Gasteiger partial charge on any atom is 0.0473 e. The first-order valence-electron chi connectivity index (χ1n) is 8.06. The summed E-state index contributed by atoms with van der Waals surface area (Å²) in [5.74, 6) is 0. The zero-order valence-electron chi connectivity index (χ0n) is 13.6. The van der Waals surface area contributed by atoms with Gasteiger partial charge in [0.25, 0.3) is 0 Å². The zero-order valence-corrected chi connectivity index (χ0v) is 13.6. The molecule has 0 saturated carbocycles. The van der Waals surface area contributed by atoms with Crippen LogP contribution in [0.5, 0.6) is 0 Å². The highest BCUT2D eigenvalue weighted by atomic mass is 15.2. The molecule has 1 aromatic rings. The lowest BCUT2D eigenvalue weighted by molar-refractivity contribution is 0.197. The fourth-order valence-electron chi connectivity index (χ4n) is 3.65. The highest BCUT2D eigenvalue weighted by Crippen LogP contribution is 2.40. The van der Waals surface area contributed by atoms with Crippen LogP contribution in [0.3, 0.4) is 0 Å². The molecule has 2 N–H and O–H groups in total. The Hall–Kier alpha value is -0.860. The Balaban J connectivity index is 2.23. The van der Waals surface area contributed by atoms with E-state index in [0.29, 0.717) is 18.0 Å². The summed E-state index contributed by atoms with van der Waals surface area (Å²) >= 11 is 0. The van der Waals surface area contributed by atoms with E-state index < -0.39 is 0 Å². The topological polar surface area (TPSA) is 29.3 Å². The minimum absolute atomic E-state index is 0.384. The van der Waals surface area contributed by atoms with Gasteiger partial charge in [0, 0.05) is 19.1 Å². The normalized spacial score (nSPS) is 20.2. The second-order valence-electron chi connectivity index (χ2n) is 6.54. The van der Waals surface area contributed by atoms with Crippen LogP contribution in [0.4, 0.5) is 0 Å². The van der Waals surface area contributed by atoms with Crippen LogP contribution in [-0.2, 0) is 0 Å². The number of nitrogens with two attached hydrogens (primary N) is 1. The fourth-order valence-corrected chi connectivity index (χ4v) is 3.65. The minimum Gasteiger partial charge on any atom is -0.329 e. The number of aryl methyl sites for hydroxylation is 2. The first-order chi connectivity index (χ1) is 9.55. The van der Waals surface area contributed by atoms with E-state index >= 15 is 0 Å². The Kier molecular flexibility index (Phi) is 4.87. The van der Waals surface area contributed by atoms with Gasteiger partial charge in [0.05, 0.1) is 0 Å². The van der Waals surface area contributed by atoms with Crippen molar-refractivity contribution in [3.63, 3.8) is 0 Å². The Morgan fingerprint density at radius 2 is 1.95 bits per heavy atom. The van der Waals surface area contributed by atoms with Crippen LogP contribution in [0, 0.1) is 19.3 Å². The van der Waals surface area contributed by atoms with E-state index in [4.69, 9.17) is 5.73 Å². The van der Waals surface area contributed by atoms with E-state index in [1.54, 1.807) is 0 Å². The Morgan fingerprint density at radius 3 is 2.50 bits per heavy atom. The van der Waals surface area contributed by atoms with Crippen molar-refractivity contribution < 1.29 is 0 Å². The van der Waals surface area contributed by atoms with Gasteiger partial charge >= 0.3 is 0 Å². The maximum absolute atomic E-state index is 6.13. The van der Waals surface area contributed by atoms with Crippen molar-refractivity contribution in [3.05, 3.63) is 34.9 Å². The molecular formula is C18H30N2. The van der Waals surface area contributed by atoms with Crippen LogP contribution in [-0.4, -0.2) is 24.5 Å². The van der Waals surface area contributed by atoms with Crippen LogP contribution in [0.25, 0.3) is 0 Å². The van der Waals surface area contributed by atoms with Gasteiger partial charge in [-0.25, -0.2) is 0 Å². The number of benzene rings is 1. The van der Waals surface area contributed by atoms with Crippen LogP contribution >= 0.6 is 0 Å². The standard InChI is InChI=1S/C18H30N2/c1-5-18(6-2)9-10-20(13-18)17(12-19)16-11-14(3)7-8-15(16)4/h7-8,11,17H,5-6,9-10,12-13,19H2,1-4H3. The van der Waals surface area contributed by atoms with E-state index in [9.17, 15) is 0 Å². The largest absolute Gasteiger partial charge is 0.329 e. The van der Waals surface area contributed by atoms with Crippen LogP contribution in [0.15, 0.2) is 18.2 Å². The van der Waals surface area contributed by atoms with Gasteiger partial charge in [-0.3, -0.25) is 4.90 Å². The number of hydrogen-bond acceptors (Lipinski definition) is 2. The van der Waals surface area contributed by atoms with Gasteiger partial charge in [-0.05, 0) is 56.2 Å². The van der Waals surface area contributed by atoms with Crippen LogP contribution in [0.2, 0.25) is 0 Å². The van der Waals surface area contributed by atoms with E-state index in [1.165, 1.54) is 49.0 Å². The lowest BCUT2D eigenvalue weighted by atomic mass is 9.82. The van der Waals surface area contributed by atoms with Crippen molar-refractivity contribution in [1.29, 1.82) is 0 Å². The molecule has 1 unspecified atom stereocenters. The van der Waals surface area contributed by atoms with E-state index in [1.807, 2.05) is 0 Å². The maximum atomic E-state index is 6.13. The molecule has 1 atom stereocenters. The smallest absolute Gasteiger partial charge is 0.0473 e. The molecule has 20 heavy (non-hydrogen) atoms. The molecule has 0 aliphatic carbocycles. The summed E-state index contributed by atoms with van der Waals surface area (Å²) in [4.78, 5) is 2.62. The second kappa shape index (κ2) is 6.28. The molecule has 1 heterocycles. The lowest BCUT2D eigenvalue weighted by Gasteiger charge is -2.32. The molecule has 0 aromatic heterocycles. The molecule has 1 aliphatic rings. The summed E-state index contributed by atoms with van der Waals surface area (Å²) in [5.41, 5.74) is 10.8. The number of nitrogens with zero attached hydrogens (tertiary/aromatic N) is 1. The third-order valence-corrected chi connectivity index (χ3v) is 5.43. The Labute approximate surface area is 124 Å². The number of hydrogen-bond donors (Lipinski definition) is 1. The molecule has 2 heteroatoms. The first kappa shape index (κ1) is 15.5. The molecule has 112 valence electrons. The van der Waals surface area contributed by atoms with E-state index in [2.05, 4.69) is 50.8 Å². The fraction of sp³-hybridized carbons (Fsp3) is 0.667. The van der Waals surface area contributed by atoms with Gasteiger partial charge in [-0.1, -0.05) is 37.6 Å². The molecule has 1 aliphatic heterocycles. The molecule has 2 rings (SSSR count).